The molecule has 0 radical (unpaired) electrons. The molecule has 25 heavy (non-hydrogen) atoms. The fraction of sp³-hybridized carbons (Fsp3) is 0.421. The summed E-state index contributed by atoms with van der Waals surface area (Å²) in [4.78, 5) is 0. The molecule has 0 unspecified atom stereocenters. The van der Waals surface area contributed by atoms with Crippen molar-refractivity contribution in [3.63, 3.8) is 0 Å². The SMILES string of the molecule is CCOP(=O)(OCC)c1c(-c2ccc(OC)cc2)cc[c-]1[Si](C)(C)C. The summed E-state index contributed by atoms with van der Waals surface area (Å²) < 4.78 is 30.2. The second-order valence-corrected chi connectivity index (χ2v) is 13.8. The minimum atomic E-state index is -3.38. The molecule has 0 aliphatic rings. The first kappa shape index (κ1) is 20.1. The van der Waals surface area contributed by atoms with Gasteiger partial charge in [0.15, 0.2) is 0 Å². The van der Waals surface area contributed by atoms with Gasteiger partial charge in [0.05, 0.1) is 20.3 Å². The van der Waals surface area contributed by atoms with E-state index in [4.69, 9.17) is 13.8 Å². The predicted molar refractivity (Wildman–Crippen MR) is 107 cm³/mol. The van der Waals surface area contributed by atoms with Crippen molar-refractivity contribution in [3.8, 4) is 16.9 Å². The van der Waals surface area contributed by atoms with Crippen LogP contribution in [-0.4, -0.2) is 28.4 Å². The highest BCUT2D eigenvalue weighted by molar-refractivity contribution is 7.63. The second-order valence-electron chi connectivity index (χ2n) is 6.82. The first-order valence-electron chi connectivity index (χ1n) is 8.61. The molecule has 138 valence electrons. The van der Waals surface area contributed by atoms with Gasteiger partial charge in [-0.05, 0) is 31.3 Å². The zero-order chi connectivity index (χ0) is 18.7. The number of rotatable bonds is 8. The van der Waals surface area contributed by atoms with Crippen LogP contribution >= 0.6 is 7.60 Å². The molecule has 0 N–H and O–H groups in total. The first-order chi connectivity index (χ1) is 11.8. The summed E-state index contributed by atoms with van der Waals surface area (Å²) in [7, 11) is -3.47. The van der Waals surface area contributed by atoms with Gasteiger partial charge in [-0.2, -0.15) is 11.6 Å². The highest BCUT2D eigenvalue weighted by atomic mass is 31.2. The van der Waals surface area contributed by atoms with E-state index in [9.17, 15) is 4.57 Å². The van der Waals surface area contributed by atoms with Crippen LogP contribution < -0.4 is 15.2 Å². The topological polar surface area (TPSA) is 44.8 Å². The maximum atomic E-state index is 13.6. The molecular weight excluding hydrogens is 351 g/mol. The Hall–Kier alpha value is -1.26. The third-order valence-electron chi connectivity index (χ3n) is 4.01. The van der Waals surface area contributed by atoms with Crippen molar-refractivity contribution in [1.29, 1.82) is 0 Å². The van der Waals surface area contributed by atoms with Crippen molar-refractivity contribution in [2.45, 2.75) is 33.5 Å². The van der Waals surface area contributed by atoms with E-state index in [2.05, 4.69) is 25.7 Å². The molecule has 0 heterocycles. The molecule has 4 nitrogen and oxygen atoms in total. The summed E-state index contributed by atoms with van der Waals surface area (Å²) in [6, 6.07) is 11.9. The van der Waals surface area contributed by atoms with Gasteiger partial charge < -0.3 is 13.8 Å². The molecule has 2 aromatic rings. The van der Waals surface area contributed by atoms with E-state index in [1.54, 1.807) is 7.11 Å². The standard InChI is InChI=1S/C19H28O4PSi/c1-7-22-24(20,23-8-2)19-17(13-14-18(19)25(4,5)6)15-9-11-16(21-3)12-10-15/h9-14H,7-8H2,1-6H3/q-1. The summed E-state index contributed by atoms with van der Waals surface area (Å²) in [5.74, 6) is 0.792. The Morgan fingerprint density at radius 1 is 1.00 bits per heavy atom. The van der Waals surface area contributed by atoms with E-state index in [-0.39, 0.29) is 0 Å². The Kier molecular flexibility index (Phi) is 6.39. The molecule has 0 atom stereocenters. The van der Waals surface area contributed by atoms with Gasteiger partial charge in [-0.15, -0.1) is 5.19 Å². The van der Waals surface area contributed by atoms with Gasteiger partial charge in [0.1, 0.15) is 5.75 Å². The van der Waals surface area contributed by atoms with Crippen LogP contribution in [0.25, 0.3) is 11.1 Å². The normalized spacial score (nSPS) is 12.4. The lowest BCUT2D eigenvalue weighted by Crippen LogP contribution is -2.45. The smallest absolute Gasteiger partial charge is 0.337 e. The second kappa shape index (κ2) is 7.96. The Balaban J connectivity index is 2.68. The molecule has 0 fully saturated rings. The fourth-order valence-electron chi connectivity index (χ4n) is 2.88. The molecule has 0 aliphatic carbocycles. The molecule has 0 aliphatic heterocycles. The van der Waals surface area contributed by atoms with Gasteiger partial charge in [0, 0.05) is 8.07 Å². The molecule has 0 bridgehead atoms. The summed E-state index contributed by atoms with van der Waals surface area (Å²) >= 11 is 0. The third kappa shape index (κ3) is 4.29. The van der Waals surface area contributed by atoms with Crippen molar-refractivity contribution in [2.24, 2.45) is 0 Å². The Bertz CT molecular complexity index is 734. The van der Waals surface area contributed by atoms with E-state index in [1.165, 1.54) is 0 Å². The maximum Gasteiger partial charge on any atom is 0.337 e. The van der Waals surface area contributed by atoms with Crippen LogP contribution in [0.5, 0.6) is 5.75 Å². The summed E-state index contributed by atoms with van der Waals surface area (Å²) in [5, 5.41) is 1.86. The quantitative estimate of drug-likeness (QED) is 0.384. The maximum absolute atomic E-state index is 13.6. The molecule has 2 aromatic carbocycles. The van der Waals surface area contributed by atoms with Crippen LogP contribution in [0.15, 0.2) is 36.4 Å². The molecule has 6 heteroatoms. The van der Waals surface area contributed by atoms with Crippen LogP contribution in [-0.2, 0) is 13.6 Å². The number of hydrogen-bond acceptors (Lipinski definition) is 4. The van der Waals surface area contributed by atoms with Gasteiger partial charge in [0.2, 0.25) is 0 Å². The average Bonchev–Trinajstić information content (AvgIpc) is 3.01. The van der Waals surface area contributed by atoms with Gasteiger partial charge in [-0.25, -0.2) is 6.07 Å². The highest BCUT2D eigenvalue weighted by Crippen LogP contribution is 2.49. The summed E-state index contributed by atoms with van der Waals surface area (Å²) in [6.07, 6.45) is 0. The minimum Gasteiger partial charge on any atom is -0.497 e. The van der Waals surface area contributed by atoms with Crippen molar-refractivity contribution in [1.82, 2.24) is 0 Å². The van der Waals surface area contributed by atoms with Gasteiger partial charge in [0.25, 0.3) is 0 Å². The molecule has 0 aromatic heterocycles. The summed E-state index contributed by atoms with van der Waals surface area (Å²) in [5.41, 5.74) is 1.91. The first-order valence-corrected chi connectivity index (χ1v) is 13.6. The molecule has 0 amide bonds. The van der Waals surface area contributed by atoms with Crippen molar-refractivity contribution in [2.75, 3.05) is 20.3 Å². The Morgan fingerprint density at radius 2 is 1.56 bits per heavy atom. The Morgan fingerprint density at radius 3 is 2.00 bits per heavy atom. The molecule has 2 rings (SSSR count). The predicted octanol–water partition coefficient (Wildman–Crippen LogP) is 4.52. The lowest BCUT2D eigenvalue weighted by molar-refractivity contribution is 0.230. The van der Waals surface area contributed by atoms with Crippen LogP contribution in [0.4, 0.5) is 0 Å². The fourth-order valence-corrected chi connectivity index (χ4v) is 7.61. The van der Waals surface area contributed by atoms with Gasteiger partial charge in [-0.3, -0.25) is 4.57 Å². The van der Waals surface area contributed by atoms with E-state index >= 15 is 0 Å². The number of ether oxygens (including phenoxy) is 1. The zero-order valence-electron chi connectivity index (χ0n) is 16.0. The lowest BCUT2D eigenvalue weighted by atomic mass is 10.1. The van der Waals surface area contributed by atoms with Crippen molar-refractivity contribution >= 4 is 26.2 Å². The van der Waals surface area contributed by atoms with Crippen LogP contribution in [0, 0.1) is 0 Å². The minimum absolute atomic E-state index is 0.343. The molecular formula is C19H28O4PSi-. The van der Waals surface area contributed by atoms with Crippen molar-refractivity contribution < 1.29 is 18.3 Å². The number of hydrogen-bond donors (Lipinski definition) is 0. The monoisotopic (exact) mass is 379 g/mol. The summed E-state index contributed by atoms with van der Waals surface area (Å²) in [6.45, 7) is 11.1. The van der Waals surface area contributed by atoms with Crippen LogP contribution in [0.2, 0.25) is 19.6 Å². The lowest BCUT2D eigenvalue weighted by Gasteiger charge is -2.30. The molecule has 0 spiro atoms. The highest BCUT2D eigenvalue weighted by Gasteiger charge is 2.31. The van der Waals surface area contributed by atoms with E-state index in [0.717, 1.165) is 27.4 Å². The van der Waals surface area contributed by atoms with Gasteiger partial charge >= 0.3 is 7.60 Å². The largest absolute Gasteiger partial charge is 0.497 e. The van der Waals surface area contributed by atoms with Gasteiger partial charge in [-0.1, -0.05) is 37.3 Å². The average molecular weight is 379 g/mol. The zero-order valence-corrected chi connectivity index (χ0v) is 17.9. The number of methoxy groups -OCH3 is 1. The molecule has 0 saturated carbocycles. The molecule has 0 saturated heterocycles. The van der Waals surface area contributed by atoms with E-state index < -0.39 is 15.7 Å². The third-order valence-corrected chi connectivity index (χ3v) is 8.48. The van der Waals surface area contributed by atoms with E-state index in [0.29, 0.717) is 13.2 Å². The van der Waals surface area contributed by atoms with Crippen LogP contribution in [0.1, 0.15) is 13.8 Å². The number of benzene rings is 1. The van der Waals surface area contributed by atoms with Crippen LogP contribution in [0.3, 0.4) is 0 Å². The Labute approximate surface area is 152 Å². The van der Waals surface area contributed by atoms with E-state index in [1.807, 2.05) is 44.2 Å². The van der Waals surface area contributed by atoms with Crippen molar-refractivity contribution in [3.05, 3.63) is 36.4 Å².